The van der Waals surface area contributed by atoms with E-state index in [2.05, 4.69) is 25.5 Å². The number of fused-ring (bicyclic) bond motifs is 2. The smallest absolute Gasteiger partial charge is 0.234 e. The van der Waals surface area contributed by atoms with Crippen LogP contribution in [0.4, 0.5) is 11.1 Å². The molecule has 0 atom stereocenters. The summed E-state index contributed by atoms with van der Waals surface area (Å²) in [4.78, 5) is 35.6. The molecule has 170 valence electrons. The number of aromatic nitrogens is 3. The summed E-state index contributed by atoms with van der Waals surface area (Å²) in [5.74, 6) is 0.789. The molecule has 0 unspecified atom stereocenters. The van der Waals surface area contributed by atoms with Crippen molar-refractivity contribution in [1.29, 1.82) is 0 Å². The van der Waals surface area contributed by atoms with Crippen LogP contribution in [0.25, 0.3) is 21.3 Å². The van der Waals surface area contributed by atoms with Gasteiger partial charge in [-0.25, -0.2) is 9.97 Å². The Balaban J connectivity index is 1.27. The Morgan fingerprint density at radius 2 is 2.09 bits per heavy atom. The maximum absolute atomic E-state index is 12.7. The number of benzene rings is 2. The van der Waals surface area contributed by atoms with Crippen molar-refractivity contribution < 1.29 is 9.59 Å². The molecule has 0 spiro atoms. The minimum Gasteiger partial charge on any atom is -0.354 e. The quantitative estimate of drug-likeness (QED) is 0.387. The van der Waals surface area contributed by atoms with Gasteiger partial charge in [0.05, 0.1) is 27.8 Å². The number of piperazine rings is 1. The molecule has 1 amide bonds. The molecule has 5 rings (SSSR count). The number of imidazole rings is 1. The summed E-state index contributed by atoms with van der Waals surface area (Å²) in [6, 6.07) is 11.2. The second-order valence-electron chi connectivity index (χ2n) is 8.11. The number of rotatable bonds is 7. The van der Waals surface area contributed by atoms with E-state index in [1.165, 1.54) is 11.3 Å². The summed E-state index contributed by atoms with van der Waals surface area (Å²) in [5.41, 5.74) is 3.21. The van der Waals surface area contributed by atoms with Gasteiger partial charge in [0, 0.05) is 37.1 Å². The van der Waals surface area contributed by atoms with Gasteiger partial charge in [0.25, 0.3) is 0 Å². The highest BCUT2D eigenvalue weighted by Crippen LogP contribution is 2.31. The van der Waals surface area contributed by atoms with Crippen molar-refractivity contribution in [2.45, 2.75) is 12.8 Å². The number of Topliss-reactive ketones (excluding diaryl/α,β-unsaturated/α-hetero) is 1. The molecule has 0 saturated carbocycles. The van der Waals surface area contributed by atoms with Crippen LogP contribution in [0, 0.1) is 0 Å². The normalized spacial score (nSPS) is 14.7. The maximum Gasteiger partial charge on any atom is 0.234 e. The van der Waals surface area contributed by atoms with Crippen molar-refractivity contribution in [2.75, 3.05) is 31.5 Å². The van der Waals surface area contributed by atoms with Gasteiger partial charge in [0.2, 0.25) is 11.9 Å². The summed E-state index contributed by atoms with van der Waals surface area (Å²) in [6.45, 7) is 2.65. The Morgan fingerprint density at radius 1 is 1.21 bits per heavy atom. The number of halogens is 1. The first-order chi connectivity index (χ1) is 16.0. The minimum absolute atomic E-state index is 0.0484. The third kappa shape index (κ3) is 4.71. The molecule has 2 aromatic heterocycles. The van der Waals surface area contributed by atoms with Gasteiger partial charge in [0.15, 0.2) is 10.9 Å². The number of carbonyl (C=O) groups is 2. The second kappa shape index (κ2) is 9.09. The van der Waals surface area contributed by atoms with Crippen LogP contribution in [0.1, 0.15) is 23.2 Å². The number of nitrogens with one attached hydrogen (secondary N) is 2. The Labute approximate surface area is 199 Å². The molecule has 1 fully saturated rings. The fraction of sp³-hybridized carbons (Fsp3) is 0.304. The molecular formula is C23H23ClN6O2S. The van der Waals surface area contributed by atoms with E-state index in [4.69, 9.17) is 11.6 Å². The van der Waals surface area contributed by atoms with E-state index in [0.29, 0.717) is 36.0 Å². The zero-order valence-electron chi connectivity index (χ0n) is 18.1. The summed E-state index contributed by atoms with van der Waals surface area (Å²) >= 11 is 7.59. The van der Waals surface area contributed by atoms with Crippen molar-refractivity contribution in [2.24, 2.45) is 7.05 Å². The van der Waals surface area contributed by atoms with E-state index in [-0.39, 0.29) is 11.7 Å². The Morgan fingerprint density at radius 3 is 2.94 bits per heavy atom. The standard InChI is InChI=1S/C23H23ClN6O2S/c1-29-18-7-4-14(19(31)3-2-9-30-10-8-25-21(32)13-30)11-17(18)26-22(29)28-23-27-16-6-5-15(24)12-20(16)33-23/h4-7,11-12H,2-3,8-10,13H2,1H3,(H,25,32)(H,26,27,28). The van der Waals surface area contributed by atoms with E-state index in [1.807, 2.05) is 48.0 Å². The summed E-state index contributed by atoms with van der Waals surface area (Å²) in [7, 11) is 1.93. The van der Waals surface area contributed by atoms with Gasteiger partial charge >= 0.3 is 0 Å². The van der Waals surface area contributed by atoms with Crippen LogP contribution in [-0.4, -0.2) is 57.3 Å². The molecule has 1 aliphatic heterocycles. The zero-order chi connectivity index (χ0) is 22.9. The van der Waals surface area contributed by atoms with Crippen molar-refractivity contribution in [3.8, 4) is 0 Å². The molecule has 0 aliphatic carbocycles. The number of amides is 1. The van der Waals surface area contributed by atoms with Crippen LogP contribution >= 0.6 is 22.9 Å². The van der Waals surface area contributed by atoms with Gasteiger partial charge in [-0.2, -0.15) is 0 Å². The van der Waals surface area contributed by atoms with E-state index < -0.39 is 0 Å². The molecule has 0 bridgehead atoms. The molecule has 1 saturated heterocycles. The Hall–Kier alpha value is -3.01. The topological polar surface area (TPSA) is 92.2 Å². The van der Waals surface area contributed by atoms with E-state index >= 15 is 0 Å². The number of hydrogen-bond acceptors (Lipinski definition) is 7. The van der Waals surface area contributed by atoms with Gasteiger partial charge in [-0.3, -0.25) is 14.5 Å². The SMILES string of the molecule is Cn1c(Nc2nc3ccc(Cl)cc3s2)nc2cc(C(=O)CCCN3CCNC(=O)C3)ccc21. The predicted octanol–water partition coefficient (Wildman–Crippen LogP) is 3.97. The lowest BCUT2D eigenvalue weighted by Gasteiger charge is -2.26. The number of anilines is 2. The van der Waals surface area contributed by atoms with Gasteiger partial charge in [-0.15, -0.1) is 0 Å². The zero-order valence-corrected chi connectivity index (χ0v) is 19.7. The monoisotopic (exact) mass is 482 g/mol. The van der Waals surface area contributed by atoms with Crippen LogP contribution in [0.15, 0.2) is 36.4 Å². The van der Waals surface area contributed by atoms with Crippen LogP contribution in [0.5, 0.6) is 0 Å². The lowest BCUT2D eigenvalue weighted by molar-refractivity contribution is -0.124. The first-order valence-corrected chi connectivity index (χ1v) is 12.0. The lowest BCUT2D eigenvalue weighted by Crippen LogP contribution is -2.47. The predicted molar refractivity (Wildman–Crippen MR) is 132 cm³/mol. The van der Waals surface area contributed by atoms with Crippen molar-refractivity contribution in [3.05, 3.63) is 47.0 Å². The highest BCUT2D eigenvalue weighted by atomic mass is 35.5. The van der Waals surface area contributed by atoms with Crippen LogP contribution in [0.2, 0.25) is 5.02 Å². The third-order valence-corrected chi connectivity index (χ3v) is 6.94. The van der Waals surface area contributed by atoms with Crippen LogP contribution < -0.4 is 10.6 Å². The van der Waals surface area contributed by atoms with E-state index in [9.17, 15) is 9.59 Å². The molecular weight excluding hydrogens is 460 g/mol. The number of nitrogens with zero attached hydrogens (tertiary/aromatic N) is 4. The second-order valence-corrected chi connectivity index (χ2v) is 9.57. The molecule has 2 aromatic carbocycles. The maximum atomic E-state index is 12.7. The van der Waals surface area contributed by atoms with Crippen LogP contribution in [-0.2, 0) is 11.8 Å². The number of carbonyl (C=O) groups excluding carboxylic acids is 2. The van der Waals surface area contributed by atoms with Crippen molar-refractivity contribution in [1.82, 2.24) is 24.8 Å². The highest BCUT2D eigenvalue weighted by molar-refractivity contribution is 7.22. The third-order valence-electron chi connectivity index (χ3n) is 5.77. The Kier molecular flexibility index (Phi) is 6.01. The first kappa shape index (κ1) is 21.8. The molecule has 0 radical (unpaired) electrons. The van der Waals surface area contributed by atoms with Gasteiger partial charge in [-0.05, 0) is 49.4 Å². The van der Waals surface area contributed by atoms with Crippen molar-refractivity contribution >= 4 is 67.0 Å². The fourth-order valence-electron chi connectivity index (χ4n) is 4.02. The molecule has 10 heteroatoms. The van der Waals surface area contributed by atoms with Gasteiger partial charge in [0.1, 0.15) is 0 Å². The van der Waals surface area contributed by atoms with Crippen LogP contribution in [0.3, 0.4) is 0 Å². The average Bonchev–Trinajstić information content (AvgIpc) is 3.33. The molecule has 1 aliphatic rings. The largest absolute Gasteiger partial charge is 0.354 e. The van der Waals surface area contributed by atoms with E-state index in [0.717, 1.165) is 45.9 Å². The molecule has 33 heavy (non-hydrogen) atoms. The molecule has 3 heterocycles. The van der Waals surface area contributed by atoms with E-state index in [1.54, 1.807) is 0 Å². The number of ketones is 1. The molecule has 2 N–H and O–H groups in total. The first-order valence-electron chi connectivity index (χ1n) is 10.8. The Bertz CT molecular complexity index is 1360. The van der Waals surface area contributed by atoms with Crippen molar-refractivity contribution in [3.63, 3.8) is 0 Å². The minimum atomic E-state index is 0.0484. The number of hydrogen-bond donors (Lipinski definition) is 2. The lowest BCUT2D eigenvalue weighted by atomic mass is 10.1. The summed E-state index contributed by atoms with van der Waals surface area (Å²) < 4.78 is 2.95. The fourth-order valence-corrected chi connectivity index (χ4v) is 5.16. The average molecular weight is 483 g/mol. The summed E-state index contributed by atoms with van der Waals surface area (Å²) in [6.07, 6.45) is 1.16. The molecule has 8 nitrogen and oxygen atoms in total. The number of thiazole rings is 1. The van der Waals surface area contributed by atoms with Gasteiger partial charge < -0.3 is 15.2 Å². The summed E-state index contributed by atoms with van der Waals surface area (Å²) in [5, 5.41) is 7.51. The number of aryl methyl sites for hydroxylation is 1. The molecule has 4 aromatic rings. The highest BCUT2D eigenvalue weighted by Gasteiger charge is 2.17. The van der Waals surface area contributed by atoms with Gasteiger partial charge in [-0.1, -0.05) is 22.9 Å².